The van der Waals surface area contributed by atoms with Gasteiger partial charge < -0.3 is 14.8 Å². The third-order valence-corrected chi connectivity index (χ3v) is 8.64. The summed E-state index contributed by atoms with van der Waals surface area (Å²) in [6.45, 7) is 10.2. The number of unbranched alkanes of at least 4 members (excludes halogenated alkanes) is 13. The monoisotopic (exact) mass is 647 g/mol. The first-order valence-electron chi connectivity index (χ1n) is 16.8. The number of nitrogens with one attached hydrogen (secondary N) is 1. The van der Waals surface area contributed by atoms with E-state index in [1.54, 1.807) is 20.8 Å². The third-order valence-electron chi connectivity index (χ3n) is 8.31. The van der Waals surface area contributed by atoms with Gasteiger partial charge in [-0.25, -0.2) is 4.79 Å². The minimum atomic E-state index is -1.63. The summed E-state index contributed by atoms with van der Waals surface area (Å²) in [5.74, 6) is -6.80. The Hall–Kier alpha value is -2.74. The van der Waals surface area contributed by atoms with Gasteiger partial charge in [0.25, 0.3) is 0 Å². The number of esters is 2. The Kier molecular flexibility index (Phi) is 15.7. The molecule has 2 rings (SSSR count). The van der Waals surface area contributed by atoms with Gasteiger partial charge in [-0.15, -0.1) is 0 Å². The molecule has 1 fully saturated rings. The second kappa shape index (κ2) is 18.4. The maximum absolute atomic E-state index is 13.5. The topological polar surface area (TPSA) is 116 Å². The Labute approximate surface area is 274 Å². The van der Waals surface area contributed by atoms with Gasteiger partial charge >= 0.3 is 11.9 Å². The first kappa shape index (κ1) is 38.4. The second-order valence-electron chi connectivity index (χ2n) is 13.8. The van der Waals surface area contributed by atoms with E-state index in [0.29, 0.717) is 0 Å². The number of hydrogen-bond donors (Lipinski definition) is 1. The van der Waals surface area contributed by atoms with Crippen LogP contribution in [0.1, 0.15) is 142 Å². The number of ether oxygens (including phenoxy) is 2. The largest absolute Gasteiger partial charge is 0.462 e. The highest BCUT2D eigenvalue weighted by Crippen LogP contribution is 2.36. The molecule has 0 radical (unpaired) electrons. The fourth-order valence-corrected chi connectivity index (χ4v) is 5.69. The SMILES string of the molecule is CCCCCCCCCCCCCCCCOC(=O)c1ccc(Cl)c(NC(=O)C(C(=O)C(C)(C)C)C2C(=O)OC(C)(C)C2=O)c1. The average Bonchev–Trinajstić information content (AvgIpc) is 3.17. The first-order valence-corrected chi connectivity index (χ1v) is 17.2. The molecule has 1 aromatic carbocycles. The van der Waals surface area contributed by atoms with Gasteiger partial charge in [-0.1, -0.05) is 123 Å². The molecule has 1 amide bonds. The molecule has 1 aromatic rings. The number of Topliss-reactive ketones (excluding diaryl/α,β-unsaturated/α-hetero) is 2. The van der Waals surface area contributed by atoms with Crippen molar-refractivity contribution in [2.45, 2.75) is 137 Å². The zero-order chi connectivity index (χ0) is 33.6. The average molecular weight is 648 g/mol. The number of carbonyl (C=O) groups is 5. The summed E-state index contributed by atoms with van der Waals surface area (Å²) in [5, 5.41) is 2.69. The summed E-state index contributed by atoms with van der Waals surface area (Å²) in [7, 11) is 0. The van der Waals surface area contributed by atoms with Crippen molar-refractivity contribution in [3.63, 3.8) is 0 Å². The number of hydrogen-bond acceptors (Lipinski definition) is 7. The van der Waals surface area contributed by atoms with E-state index in [1.807, 2.05) is 0 Å². The van der Waals surface area contributed by atoms with Gasteiger partial charge in [0, 0.05) is 5.41 Å². The van der Waals surface area contributed by atoms with Crippen molar-refractivity contribution in [1.29, 1.82) is 0 Å². The number of amides is 1. The highest BCUT2D eigenvalue weighted by Gasteiger charge is 2.57. The molecular weight excluding hydrogens is 594 g/mol. The maximum atomic E-state index is 13.5. The normalized spacial score (nSPS) is 16.7. The van der Waals surface area contributed by atoms with E-state index in [9.17, 15) is 24.0 Å². The number of anilines is 1. The molecule has 45 heavy (non-hydrogen) atoms. The van der Waals surface area contributed by atoms with Gasteiger partial charge in [-0.05, 0) is 38.5 Å². The summed E-state index contributed by atoms with van der Waals surface area (Å²) in [6.07, 6.45) is 17.3. The van der Waals surface area contributed by atoms with Crippen molar-refractivity contribution in [1.82, 2.24) is 0 Å². The Morgan fingerprint density at radius 2 is 1.40 bits per heavy atom. The zero-order valence-corrected chi connectivity index (χ0v) is 29.0. The van der Waals surface area contributed by atoms with E-state index in [0.717, 1.165) is 19.3 Å². The lowest BCUT2D eigenvalue weighted by atomic mass is 9.74. The summed E-state index contributed by atoms with van der Waals surface area (Å²) >= 11 is 6.32. The van der Waals surface area contributed by atoms with Crippen LogP contribution in [0.2, 0.25) is 5.02 Å². The van der Waals surface area contributed by atoms with Crippen molar-refractivity contribution < 1.29 is 33.4 Å². The number of ketones is 2. The molecule has 2 unspecified atom stereocenters. The predicted molar refractivity (Wildman–Crippen MR) is 177 cm³/mol. The highest BCUT2D eigenvalue weighted by molar-refractivity contribution is 6.34. The predicted octanol–water partition coefficient (Wildman–Crippen LogP) is 8.67. The van der Waals surface area contributed by atoms with Crippen molar-refractivity contribution in [2.24, 2.45) is 17.3 Å². The van der Waals surface area contributed by atoms with Crippen LogP contribution in [0, 0.1) is 17.3 Å². The van der Waals surface area contributed by atoms with Crippen molar-refractivity contribution in [2.75, 3.05) is 11.9 Å². The van der Waals surface area contributed by atoms with Gasteiger partial charge in [0.1, 0.15) is 11.8 Å². The molecule has 0 aromatic heterocycles. The molecule has 0 bridgehead atoms. The van der Waals surface area contributed by atoms with Gasteiger partial charge in [-0.3, -0.25) is 19.2 Å². The number of rotatable bonds is 20. The molecule has 9 heteroatoms. The summed E-state index contributed by atoms with van der Waals surface area (Å²) in [5.41, 5.74) is -2.24. The molecule has 1 aliphatic rings. The van der Waals surface area contributed by atoms with Crippen LogP contribution in [-0.2, 0) is 28.7 Å². The van der Waals surface area contributed by atoms with Crippen LogP contribution < -0.4 is 5.32 Å². The number of carbonyl (C=O) groups excluding carboxylic acids is 5. The maximum Gasteiger partial charge on any atom is 0.338 e. The Morgan fingerprint density at radius 1 is 0.889 bits per heavy atom. The Bertz CT molecular complexity index is 1170. The van der Waals surface area contributed by atoms with Crippen LogP contribution in [0.4, 0.5) is 5.69 Å². The standard InChI is InChI=1S/C36H54ClNO7/c1-7-8-9-10-11-12-13-14-15-16-17-18-19-20-23-44-33(42)25-21-22-26(37)27(24-25)38-32(41)28(30(39)35(2,3)4)29-31(40)36(5,6)45-34(29)43/h21-22,24,28-29H,7-20,23H2,1-6H3,(H,38,41). The van der Waals surface area contributed by atoms with Gasteiger partial charge in [0.05, 0.1) is 22.9 Å². The van der Waals surface area contributed by atoms with E-state index < -0.39 is 52.3 Å². The van der Waals surface area contributed by atoms with Gasteiger partial charge in [0.15, 0.2) is 17.2 Å². The van der Waals surface area contributed by atoms with E-state index in [4.69, 9.17) is 21.1 Å². The zero-order valence-electron chi connectivity index (χ0n) is 28.2. The van der Waals surface area contributed by atoms with Crippen LogP contribution in [-0.4, -0.2) is 41.6 Å². The lowest BCUT2D eigenvalue weighted by molar-refractivity contribution is -0.153. The van der Waals surface area contributed by atoms with Crippen LogP contribution in [0.25, 0.3) is 0 Å². The fraction of sp³-hybridized carbons (Fsp3) is 0.694. The van der Waals surface area contributed by atoms with E-state index in [1.165, 1.54) is 103 Å². The summed E-state index contributed by atoms with van der Waals surface area (Å²) in [4.78, 5) is 65.2. The molecule has 1 N–H and O–H groups in total. The van der Waals surface area contributed by atoms with Crippen molar-refractivity contribution in [3.8, 4) is 0 Å². The molecule has 8 nitrogen and oxygen atoms in total. The lowest BCUT2D eigenvalue weighted by Crippen LogP contribution is -2.46. The Balaban J connectivity index is 1.84. The number of halogens is 1. The Morgan fingerprint density at radius 3 is 1.87 bits per heavy atom. The molecule has 0 saturated carbocycles. The fourth-order valence-electron chi connectivity index (χ4n) is 5.53. The first-order chi connectivity index (χ1) is 21.2. The quantitative estimate of drug-likeness (QED) is 0.0855. The molecule has 252 valence electrons. The molecule has 0 spiro atoms. The third kappa shape index (κ3) is 12.2. The van der Waals surface area contributed by atoms with Crippen molar-refractivity contribution >= 4 is 46.7 Å². The number of benzene rings is 1. The van der Waals surface area contributed by atoms with E-state index in [-0.39, 0.29) is 22.9 Å². The van der Waals surface area contributed by atoms with Gasteiger partial charge in [-0.2, -0.15) is 0 Å². The molecule has 1 saturated heterocycles. The van der Waals surface area contributed by atoms with Crippen LogP contribution >= 0.6 is 11.6 Å². The summed E-state index contributed by atoms with van der Waals surface area (Å²) in [6, 6.07) is 4.30. The smallest absolute Gasteiger partial charge is 0.338 e. The highest BCUT2D eigenvalue weighted by atomic mass is 35.5. The van der Waals surface area contributed by atoms with Crippen LogP contribution in [0.3, 0.4) is 0 Å². The van der Waals surface area contributed by atoms with Crippen LogP contribution in [0.15, 0.2) is 18.2 Å². The molecule has 1 heterocycles. The lowest BCUT2D eigenvalue weighted by Gasteiger charge is -2.26. The second-order valence-corrected chi connectivity index (χ2v) is 14.2. The minimum Gasteiger partial charge on any atom is -0.462 e. The number of cyclic esters (lactones) is 1. The molecule has 0 aliphatic carbocycles. The van der Waals surface area contributed by atoms with Crippen LogP contribution in [0.5, 0.6) is 0 Å². The summed E-state index contributed by atoms with van der Waals surface area (Å²) < 4.78 is 10.6. The van der Waals surface area contributed by atoms with Gasteiger partial charge in [0.2, 0.25) is 5.91 Å². The van der Waals surface area contributed by atoms with E-state index in [2.05, 4.69) is 12.2 Å². The molecule has 1 aliphatic heterocycles. The van der Waals surface area contributed by atoms with E-state index >= 15 is 0 Å². The molecule has 2 atom stereocenters. The molecular formula is C36H54ClNO7. The van der Waals surface area contributed by atoms with Crippen molar-refractivity contribution in [3.05, 3.63) is 28.8 Å². The minimum absolute atomic E-state index is 0.0670.